The van der Waals surface area contributed by atoms with Crippen molar-refractivity contribution in [1.82, 2.24) is 15.6 Å². The number of rotatable bonds is 8. The van der Waals surface area contributed by atoms with E-state index in [1.54, 1.807) is 11.3 Å². The van der Waals surface area contributed by atoms with E-state index in [1.807, 2.05) is 14.0 Å². The van der Waals surface area contributed by atoms with Crippen LogP contribution in [0.4, 0.5) is 0 Å². The van der Waals surface area contributed by atoms with Gasteiger partial charge in [0.05, 0.1) is 10.7 Å². The fraction of sp³-hybridized carbons (Fsp3) is 0.714. The summed E-state index contributed by atoms with van der Waals surface area (Å²) in [7, 11) is 1.81. The van der Waals surface area contributed by atoms with Crippen LogP contribution in [0.15, 0.2) is 10.4 Å². The molecule has 0 spiro atoms. The average Bonchev–Trinajstić information content (AvgIpc) is 2.82. The molecule has 1 aromatic heterocycles. The number of unbranched alkanes of at least 4 members (excludes halogenated alkanes) is 3. The van der Waals surface area contributed by atoms with E-state index in [2.05, 4.69) is 32.9 Å². The Morgan fingerprint density at radius 1 is 1.25 bits per heavy atom. The van der Waals surface area contributed by atoms with Crippen LogP contribution >= 0.6 is 35.3 Å². The Kier molecular flexibility index (Phi) is 12.1. The van der Waals surface area contributed by atoms with Gasteiger partial charge in [-0.3, -0.25) is 4.99 Å². The lowest BCUT2D eigenvalue weighted by atomic mass is 10.2. The van der Waals surface area contributed by atoms with Crippen LogP contribution in [-0.4, -0.2) is 31.1 Å². The number of hydrogen-bond acceptors (Lipinski definition) is 3. The van der Waals surface area contributed by atoms with Gasteiger partial charge in [0.2, 0.25) is 0 Å². The van der Waals surface area contributed by atoms with E-state index in [1.165, 1.54) is 25.7 Å². The molecule has 0 saturated heterocycles. The lowest BCUT2D eigenvalue weighted by molar-refractivity contribution is 0.646. The van der Waals surface area contributed by atoms with Crippen molar-refractivity contribution in [3.05, 3.63) is 16.1 Å². The van der Waals surface area contributed by atoms with Crippen molar-refractivity contribution in [2.75, 3.05) is 20.1 Å². The van der Waals surface area contributed by atoms with Gasteiger partial charge in [0.1, 0.15) is 0 Å². The number of aliphatic imine (C=N–C) groups is 1. The van der Waals surface area contributed by atoms with E-state index in [0.717, 1.165) is 36.2 Å². The van der Waals surface area contributed by atoms with Crippen LogP contribution in [0.3, 0.4) is 0 Å². The Labute approximate surface area is 143 Å². The molecule has 6 heteroatoms. The number of nitrogens with zero attached hydrogens (tertiary/aromatic N) is 2. The van der Waals surface area contributed by atoms with Crippen LogP contribution < -0.4 is 10.6 Å². The molecule has 0 aliphatic carbocycles. The lowest BCUT2D eigenvalue weighted by Crippen LogP contribution is -2.38. The summed E-state index contributed by atoms with van der Waals surface area (Å²) in [6.45, 7) is 6.14. The molecule has 0 aliphatic heterocycles. The maximum absolute atomic E-state index is 4.45. The van der Waals surface area contributed by atoms with Crippen molar-refractivity contribution in [1.29, 1.82) is 0 Å². The Morgan fingerprint density at radius 3 is 2.60 bits per heavy atom. The molecular formula is C14H27IN4S. The molecule has 0 aliphatic rings. The molecule has 1 rings (SSSR count). The second-order valence-corrected chi connectivity index (χ2v) is 5.66. The molecule has 116 valence electrons. The molecule has 20 heavy (non-hydrogen) atoms. The highest BCUT2D eigenvalue weighted by molar-refractivity contribution is 14.0. The molecule has 0 saturated carbocycles. The topological polar surface area (TPSA) is 49.3 Å². The summed E-state index contributed by atoms with van der Waals surface area (Å²) >= 11 is 1.71. The number of nitrogens with one attached hydrogen (secondary N) is 2. The van der Waals surface area contributed by atoms with Gasteiger partial charge in [0.25, 0.3) is 0 Å². The van der Waals surface area contributed by atoms with E-state index in [0.29, 0.717) is 0 Å². The van der Waals surface area contributed by atoms with Gasteiger partial charge in [-0.05, 0) is 13.3 Å². The van der Waals surface area contributed by atoms with Crippen LogP contribution in [0.5, 0.6) is 0 Å². The average molecular weight is 410 g/mol. The SMILES string of the molecule is CCCCCCNC(=NC)NCCc1csc(C)n1.I. The summed E-state index contributed by atoms with van der Waals surface area (Å²) in [5.41, 5.74) is 1.16. The summed E-state index contributed by atoms with van der Waals surface area (Å²) in [4.78, 5) is 8.67. The van der Waals surface area contributed by atoms with Crippen molar-refractivity contribution in [3.8, 4) is 0 Å². The number of hydrogen-bond donors (Lipinski definition) is 2. The summed E-state index contributed by atoms with van der Waals surface area (Å²) in [6, 6.07) is 0. The Morgan fingerprint density at radius 2 is 2.00 bits per heavy atom. The zero-order valence-electron chi connectivity index (χ0n) is 12.7. The normalized spacial score (nSPS) is 11.1. The summed E-state index contributed by atoms with van der Waals surface area (Å²) in [5.74, 6) is 0.892. The summed E-state index contributed by atoms with van der Waals surface area (Å²) in [5, 5.41) is 9.92. The molecule has 0 bridgehead atoms. The number of halogens is 1. The predicted octanol–water partition coefficient (Wildman–Crippen LogP) is 3.36. The first-order valence-electron chi connectivity index (χ1n) is 7.11. The van der Waals surface area contributed by atoms with Crippen LogP contribution in [0, 0.1) is 6.92 Å². The van der Waals surface area contributed by atoms with Gasteiger partial charge in [0.15, 0.2) is 5.96 Å². The molecule has 1 heterocycles. The fourth-order valence-corrected chi connectivity index (χ4v) is 2.46. The quantitative estimate of drug-likeness (QED) is 0.299. The number of aryl methyl sites for hydroxylation is 1. The molecule has 2 N–H and O–H groups in total. The third kappa shape index (κ3) is 8.73. The molecule has 0 amide bonds. The van der Waals surface area contributed by atoms with Gasteiger partial charge in [-0.1, -0.05) is 26.2 Å². The first-order valence-corrected chi connectivity index (χ1v) is 7.99. The van der Waals surface area contributed by atoms with Crippen molar-refractivity contribution in [2.45, 2.75) is 46.0 Å². The van der Waals surface area contributed by atoms with Crippen LogP contribution in [0.25, 0.3) is 0 Å². The molecule has 0 atom stereocenters. The van der Waals surface area contributed by atoms with E-state index in [9.17, 15) is 0 Å². The highest BCUT2D eigenvalue weighted by Crippen LogP contribution is 2.07. The van der Waals surface area contributed by atoms with Crippen molar-refractivity contribution in [3.63, 3.8) is 0 Å². The van der Waals surface area contributed by atoms with Crippen molar-refractivity contribution in [2.24, 2.45) is 4.99 Å². The Hall–Kier alpha value is -0.370. The molecule has 0 fully saturated rings. The number of guanidine groups is 1. The molecule has 0 unspecified atom stereocenters. The monoisotopic (exact) mass is 410 g/mol. The minimum absolute atomic E-state index is 0. The van der Waals surface area contributed by atoms with Crippen molar-refractivity contribution < 1.29 is 0 Å². The molecule has 0 aromatic carbocycles. The van der Waals surface area contributed by atoms with Gasteiger partial charge < -0.3 is 10.6 Å². The summed E-state index contributed by atoms with van der Waals surface area (Å²) < 4.78 is 0. The Bertz CT molecular complexity index is 379. The fourth-order valence-electron chi connectivity index (χ4n) is 1.81. The molecule has 0 radical (unpaired) electrons. The highest BCUT2D eigenvalue weighted by atomic mass is 127. The second-order valence-electron chi connectivity index (χ2n) is 4.59. The van der Waals surface area contributed by atoms with Gasteiger partial charge in [-0.25, -0.2) is 4.98 Å². The van der Waals surface area contributed by atoms with E-state index < -0.39 is 0 Å². The van der Waals surface area contributed by atoms with Crippen molar-refractivity contribution >= 4 is 41.3 Å². The molecule has 1 aromatic rings. The van der Waals surface area contributed by atoms with Crippen LogP contribution in [-0.2, 0) is 6.42 Å². The molecular weight excluding hydrogens is 383 g/mol. The smallest absolute Gasteiger partial charge is 0.190 e. The van der Waals surface area contributed by atoms with E-state index in [4.69, 9.17) is 0 Å². The standard InChI is InChI=1S/C14H26N4S.HI/c1-4-5-6-7-9-16-14(15-3)17-10-8-13-11-19-12(2)18-13;/h11H,4-10H2,1-3H3,(H2,15,16,17);1H. The number of aromatic nitrogens is 1. The minimum Gasteiger partial charge on any atom is -0.356 e. The summed E-state index contributed by atoms with van der Waals surface area (Å²) in [6.07, 6.45) is 6.04. The predicted molar refractivity (Wildman–Crippen MR) is 99.5 cm³/mol. The van der Waals surface area contributed by atoms with Crippen LogP contribution in [0.1, 0.15) is 43.3 Å². The Balaban J connectivity index is 0.00000361. The first-order chi connectivity index (χ1) is 9.26. The van der Waals surface area contributed by atoms with Gasteiger partial charge in [-0.15, -0.1) is 35.3 Å². The maximum atomic E-state index is 4.45. The largest absolute Gasteiger partial charge is 0.356 e. The minimum atomic E-state index is 0. The van der Waals surface area contributed by atoms with E-state index >= 15 is 0 Å². The zero-order chi connectivity index (χ0) is 13.9. The highest BCUT2D eigenvalue weighted by Gasteiger charge is 2.00. The van der Waals surface area contributed by atoms with Gasteiger partial charge in [0, 0.05) is 31.9 Å². The number of thiazole rings is 1. The third-order valence-electron chi connectivity index (χ3n) is 2.89. The van der Waals surface area contributed by atoms with Crippen LogP contribution in [0.2, 0.25) is 0 Å². The lowest BCUT2D eigenvalue weighted by Gasteiger charge is -2.11. The second kappa shape index (κ2) is 12.4. The third-order valence-corrected chi connectivity index (χ3v) is 3.71. The van der Waals surface area contributed by atoms with Gasteiger partial charge >= 0.3 is 0 Å². The van der Waals surface area contributed by atoms with Gasteiger partial charge in [-0.2, -0.15) is 0 Å². The first kappa shape index (κ1) is 19.6. The zero-order valence-corrected chi connectivity index (χ0v) is 15.9. The maximum Gasteiger partial charge on any atom is 0.190 e. The van der Waals surface area contributed by atoms with E-state index in [-0.39, 0.29) is 24.0 Å². The molecule has 4 nitrogen and oxygen atoms in total.